The van der Waals surface area contributed by atoms with Gasteiger partial charge >= 0.3 is 5.97 Å². The average Bonchev–Trinajstić information content (AvgIpc) is 3.04. The first kappa shape index (κ1) is 15.5. The van der Waals surface area contributed by atoms with Gasteiger partial charge in [0.25, 0.3) is 5.56 Å². The van der Waals surface area contributed by atoms with E-state index < -0.39 is 0 Å². The Hall–Kier alpha value is -2.35. The summed E-state index contributed by atoms with van der Waals surface area (Å²) >= 11 is 1.49. The molecular weight excluding hydrogens is 316 g/mol. The number of nitrogens with one attached hydrogen (secondary N) is 1. The molecule has 7 nitrogen and oxygen atoms in total. The van der Waals surface area contributed by atoms with E-state index >= 15 is 0 Å². The predicted molar refractivity (Wildman–Crippen MR) is 89.9 cm³/mol. The van der Waals surface area contributed by atoms with Crippen LogP contribution in [-0.4, -0.2) is 28.7 Å². The molecule has 0 unspecified atom stereocenters. The van der Waals surface area contributed by atoms with Crippen LogP contribution < -0.4 is 11.3 Å². The van der Waals surface area contributed by atoms with E-state index in [0.29, 0.717) is 17.2 Å². The van der Waals surface area contributed by atoms with Crippen LogP contribution in [0.3, 0.4) is 0 Å². The van der Waals surface area contributed by atoms with E-state index in [-0.39, 0.29) is 17.3 Å². The molecule has 2 aromatic heterocycles. The highest BCUT2D eigenvalue weighted by molar-refractivity contribution is 7.16. The number of aromatic amines is 1. The predicted octanol–water partition coefficient (Wildman–Crippen LogP) is 2.08. The Bertz CT molecular complexity index is 815. The number of hydrogen-bond acceptors (Lipinski definition) is 6. The second kappa shape index (κ2) is 6.41. The highest BCUT2D eigenvalue weighted by Crippen LogP contribution is 2.40. The number of esters is 1. The lowest BCUT2D eigenvalue weighted by Gasteiger charge is -2.11. The Morgan fingerprint density at radius 3 is 3.00 bits per heavy atom. The van der Waals surface area contributed by atoms with Gasteiger partial charge in [0.15, 0.2) is 0 Å². The minimum atomic E-state index is -0.350. The van der Waals surface area contributed by atoms with Crippen LogP contribution in [-0.2, 0) is 17.6 Å². The standard InChI is InChI=1S/C15H18N4O3S/c1-2-22-15(21)13-9-5-3-4-6-10(9)23-14(13)17-8-19-12(20)7-11(16)18-19/h7-8,18H,2-6,16H2,1H3. The van der Waals surface area contributed by atoms with Crippen LogP contribution in [0.4, 0.5) is 10.8 Å². The van der Waals surface area contributed by atoms with Crippen LogP contribution in [0.5, 0.6) is 0 Å². The van der Waals surface area contributed by atoms with Crippen molar-refractivity contribution >= 4 is 34.5 Å². The van der Waals surface area contributed by atoms with Gasteiger partial charge in [-0.15, -0.1) is 11.3 Å². The molecule has 0 spiro atoms. The van der Waals surface area contributed by atoms with E-state index in [1.165, 1.54) is 33.3 Å². The molecule has 0 atom stereocenters. The highest BCUT2D eigenvalue weighted by atomic mass is 32.1. The van der Waals surface area contributed by atoms with Crippen molar-refractivity contribution in [2.45, 2.75) is 32.6 Å². The third-order valence-corrected chi connectivity index (χ3v) is 4.89. The number of carbonyl (C=O) groups is 1. The van der Waals surface area contributed by atoms with Gasteiger partial charge in [-0.2, -0.15) is 0 Å². The fraction of sp³-hybridized carbons (Fsp3) is 0.400. The van der Waals surface area contributed by atoms with Crippen molar-refractivity contribution in [3.05, 3.63) is 32.4 Å². The van der Waals surface area contributed by atoms with Crippen molar-refractivity contribution in [3.8, 4) is 0 Å². The number of rotatable bonds is 4. The first-order valence-corrected chi connectivity index (χ1v) is 8.34. The van der Waals surface area contributed by atoms with Gasteiger partial charge < -0.3 is 10.5 Å². The van der Waals surface area contributed by atoms with E-state index in [1.807, 2.05) is 0 Å². The number of ether oxygens (including phenoxy) is 1. The Morgan fingerprint density at radius 2 is 2.30 bits per heavy atom. The Balaban J connectivity index is 2.01. The Kier molecular flexibility index (Phi) is 4.33. The van der Waals surface area contributed by atoms with Gasteiger partial charge in [-0.3, -0.25) is 9.89 Å². The van der Waals surface area contributed by atoms with Crippen molar-refractivity contribution in [2.24, 2.45) is 4.99 Å². The topological polar surface area (TPSA) is 102 Å². The number of H-pyrrole nitrogens is 1. The monoisotopic (exact) mass is 334 g/mol. The summed E-state index contributed by atoms with van der Waals surface area (Å²) in [4.78, 5) is 29.5. The number of fused-ring (bicyclic) bond motifs is 1. The fourth-order valence-electron chi connectivity index (χ4n) is 2.68. The van der Waals surface area contributed by atoms with Crippen molar-refractivity contribution < 1.29 is 9.53 Å². The number of anilines is 1. The number of aryl methyl sites for hydroxylation is 1. The second-order valence-corrected chi connectivity index (χ2v) is 6.36. The molecular formula is C15H18N4O3S. The summed E-state index contributed by atoms with van der Waals surface area (Å²) in [5.41, 5.74) is 6.82. The van der Waals surface area contributed by atoms with Crippen LogP contribution in [0.1, 0.15) is 40.6 Å². The Morgan fingerprint density at radius 1 is 1.52 bits per heavy atom. The van der Waals surface area contributed by atoms with E-state index in [0.717, 1.165) is 31.2 Å². The molecule has 0 aliphatic heterocycles. The maximum absolute atomic E-state index is 12.3. The van der Waals surface area contributed by atoms with Crippen LogP contribution in [0.15, 0.2) is 15.9 Å². The number of nitrogen functional groups attached to an aromatic ring is 1. The van der Waals surface area contributed by atoms with Crippen molar-refractivity contribution in [1.29, 1.82) is 0 Å². The molecule has 0 bridgehead atoms. The maximum atomic E-state index is 12.3. The minimum Gasteiger partial charge on any atom is -0.462 e. The highest BCUT2D eigenvalue weighted by Gasteiger charge is 2.26. The summed E-state index contributed by atoms with van der Waals surface area (Å²) in [5, 5.41) is 3.25. The SMILES string of the molecule is CCOC(=O)c1c(N=Cn2[nH]c(N)cc2=O)sc2c1CCCC2. The number of carbonyl (C=O) groups excluding carboxylic acids is 1. The van der Waals surface area contributed by atoms with Crippen molar-refractivity contribution in [3.63, 3.8) is 0 Å². The zero-order valence-corrected chi connectivity index (χ0v) is 13.6. The maximum Gasteiger partial charge on any atom is 0.341 e. The number of thiophene rings is 1. The van der Waals surface area contributed by atoms with Gasteiger partial charge in [-0.25, -0.2) is 14.5 Å². The van der Waals surface area contributed by atoms with Crippen molar-refractivity contribution in [2.75, 3.05) is 12.3 Å². The van der Waals surface area contributed by atoms with Gasteiger partial charge in [-0.1, -0.05) is 0 Å². The molecule has 1 aliphatic rings. The minimum absolute atomic E-state index is 0.262. The Labute approximate surface area is 136 Å². The zero-order valence-electron chi connectivity index (χ0n) is 12.8. The second-order valence-electron chi connectivity index (χ2n) is 5.28. The quantitative estimate of drug-likeness (QED) is 0.507. The lowest BCUT2D eigenvalue weighted by atomic mass is 9.95. The van der Waals surface area contributed by atoms with Crippen molar-refractivity contribution in [1.82, 2.24) is 9.78 Å². The van der Waals surface area contributed by atoms with Crippen LogP contribution >= 0.6 is 11.3 Å². The van der Waals surface area contributed by atoms with Gasteiger partial charge in [0.05, 0.1) is 12.2 Å². The third-order valence-electron chi connectivity index (χ3n) is 3.69. The summed E-state index contributed by atoms with van der Waals surface area (Å²) in [6, 6.07) is 1.28. The molecule has 3 rings (SSSR count). The number of aromatic nitrogens is 2. The van der Waals surface area contributed by atoms with E-state index in [9.17, 15) is 9.59 Å². The number of aliphatic imine (C=N–C) groups is 1. The first-order chi connectivity index (χ1) is 11.1. The molecule has 2 aromatic rings. The molecule has 8 heteroatoms. The molecule has 1 aliphatic carbocycles. The molecule has 3 N–H and O–H groups in total. The van der Waals surface area contributed by atoms with Crippen LogP contribution in [0.25, 0.3) is 0 Å². The molecule has 0 saturated heterocycles. The van der Waals surface area contributed by atoms with E-state index in [4.69, 9.17) is 10.5 Å². The van der Waals surface area contributed by atoms with Gasteiger partial charge in [0.2, 0.25) is 0 Å². The average molecular weight is 334 g/mol. The van der Waals surface area contributed by atoms with Crippen LogP contribution in [0, 0.1) is 0 Å². The van der Waals surface area contributed by atoms with E-state index in [2.05, 4.69) is 10.1 Å². The molecule has 0 radical (unpaired) electrons. The molecule has 0 amide bonds. The summed E-state index contributed by atoms with van der Waals surface area (Å²) in [7, 11) is 0. The summed E-state index contributed by atoms with van der Waals surface area (Å²) in [5.74, 6) is -0.0880. The third kappa shape index (κ3) is 3.07. The fourth-order valence-corrected chi connectivity index (χ4v) is 3.90. The van der Waals surface area contributed by atoms with Gasteiger partial charge in [0.1, 0.15) is 17.2 Å². The number of nitrogens with two attached hydrogens (primary N) is 1. The molecule has 2 heterocycles. The van der Waals surface area contributed by atoms with Crippen LogP contribution in [0.2, 0.25) is 0 Å². The zero-order chi connectivity index (χ0) is 16.4. The largest absolute Gasteiger partial charge is 0.462 e. The summed E-state index contributed by atoms with van der Waals surface area (Å²) < 4.78 is 6.35. The van der Waals surface area contributed by atoms with Gasteiger partial charge in [0, 0.05) is 10.9 Å². The lowest BCUT2D eigenvalue weighted by Crippen LogP contribution is -2.14. The smallest absolute Gasteiger partial charge is 0.341 e. The summed E-state index contributed by atoms with van der Waals surface area (Å²) in [6.45, 7) is 2.10. The summed E-state index contributed by atoms with van der Waals surface area (Å²) in [6.07, 6.45) is 5.35. The number of hydrogen-bond donors (Lipinski definition) is 2. The normalized spacial score (nSPS) is 14.1. The van der Waals surface area contributed by atoms with Gasteiger partial charge in [-0.05, 0) is 38.2 Å². The molecule has 122 valence electrons. The molecule has 23 heavy (non-hydrogen) atoms. The molecule has 0 saturated carbocycles. The lowest BCUT2D eigenvalue weighted by molar-refractivity contribution is 0.0526. The van der Waals surface area contributed by atoms with E-state index in [1.54, 1.807) is 6.92 Å². The number of nitrogens with zero attached hydrogens (tertiary/aromatic N) is 2. The molecule has 0 fully saturated rings. The molecule has 0 aromatic carbocycles. The first-order valence-electron chi connectivity index (χ1n) is 7.53.